The van der Waals surface area contributed by atoms with Gasteiger partial charge in [0.25, 0.3) is 0 Å². The van der Waals surface area contributed by atoms with Crippen LogP contribution in [0.3, 0.4) is 0 Å². The van der Waals surface area contributed by atoms with Crippen LogP contribution in [0.5, 0.6) is 0 Å². The van der Waals surface area contributed by atoms with E-state index in [0.717, 1.165) is 23.0 Å². The minimum atomic E-state index is -0.0603. The van der Waals surface area contributed by atoms with Gasteiger partial charge in [0.05, 0.1) is 5.75 Å². The maximum absolute atomic E-state index is 12.2. The van der Waals surface area contributed by atoms with Crippen LogP contribution >= 0.6 is 23.4 Å². The number of carbonyl (C=O) groups excluding carboxylic acids is 1. The molecule has 0 unspecified atom stereocenters. The van der Waals surface area contributed by atoms with E-state index < -0.39 is 0 Å². The lowest BCUT2D eigenvalue weighted by atomic mass is 10.1. The highest BCUT2D eigenvalue weighted by Gasteiger charge is 2.09. The van der Waals surface area contributed by atoms with Crippen LogP contribution in [-0.4, -0.2) is 21.2 Å². The predicted molar refractivity (Wildman–Crippen MR) is 104 cm³/mol. The number of amides is 1. The van der Waals surface area contributed by atoms with Gasteiger partial charge in [-0.15, -0.1) is 0 Å². The molecule has 0 radical (unpaired) electrons. The molecule has 1 N–H and O–H groups in total. The molecule has 0 fully saturated rings. The Labute approximate surface area is 156 Å². The first-order valence-corrected chi connectivity index (χ1v) is 9.33. The Morgan fingerprint density at radius 2 is 2.04 bits per heavy atom. The molecule has 25 heavy (non-hydrogen) atoms. The van der Waals surface area contributed by atoms with Crippen LogP contribution in [0.25, 0.3) is 5.69 Å². The van der Waals surface area contributed by atoms with Gasteiger partial charge in [0.2, 0.25) is 5.91 Å². The molecule has 0 saturated heterocycles. The summed E-state index contributed by atoms with van der Waals surface area (Å²) in [5.41, 5.74) is 2.97. The molecule has 0 spiro atoms. The second-order valence-electron chi connectivity index (χ2n) is 5.45. The van der Waals surface area contributed by atoms with Crippen molar-refractivity contribution in [3.8, 4) is 5.69 Å². The van der Waals surface area contributed by atoms with Gasteiger partial charge < -0.3 is 5.32 Å². The van der Waals surface area contributed by atoms with Crippen LogP contribution in [-0.2, 0) is 11.2 Å². The Morgan fingerprint density at radius 1 is 1.24 bits per heavy atom. The Morgan fingerprint density at radius 3 is 2.76 bits per heavy atom. The molecule has 4 nitrogen and oxygen atoms in total. The monoisotopic (exact) mass is 371 g/mol. The summed E-state index contributed by atoms with van der Waals surface area (Å²) in [7, 11) is 0. The van der Waals surface area contributed by atoms with Gasteiger partial charge in [-0.25, -0.2) is 4.98 Å². The number of hydrogen-bond donors (Lipinski definition) is 1. The summed E-state index contributed by atoms with van der Waals surface area (Å²) in [5, 5.41) is 4.32. The van der Waals surface area contributed by atoms with E-state index in [1.54, 1.807) is 6.20 Å². The van der Waals surface area contributed by atoms with Gasteiger partial charge >= 0.3 is 0 Å². The molecular formula is C19H18ClN3OS. The second kappa shape index (κ2) is 8.23. The SMILES string of the molecule is CCc1ccc(NC(=O)CSc2nccn2-c2cccc(Cl)c2)cc1. The first-order valence-electron chi connectivity index (χ1n) is 7.96. The van der Waals surface area contributed by atoms with Crippen LogP contribution in [0.4, 0.5) is 5.69 Å². The molecule has 2 aromatic carbocycles. The summed E-state index contributed by atoms with van der Waals surface area (Å²) in [6.45, 7) is 2.10. The molecule has 3 aromatic rings. The van der Waals surface area contributed by atoms with E-state index in [4.69, 9.17) is 11.6 Å². The number of nitrogens with zero attached hydrogens (tertiary/aromatic N) is 2. The molecule has 1 amide bonds. The van der Waals surface area contributed by atoms with E-state index in [0.29, 0.717) is 5.02 Å². The van der Waals surface area contributed by atoms with Crippen molar-refractivity contribution in [1.82, 2.24) is 9.55 Å². The highest BCUT2D eigenvalue weighted by atomic mass is 35.5. The number of rotatable bonds is 6. The van der Waals surface area contributed by atoms with Crippen molar-refractivity contribution in [3.05, 3.63) is 71.5 Å². The molecule has 0 aliphatic heterocycles. The zero-order valence-corrected chi connectivity index (χ0v) is 15.3. The molecule has 0 aliphatic rings. The Kier molecular flexibility index (Phi) is 5.79. The zero-order chi connectivity index (χ0) is 17.6. The lowest BCUT2D eigenvalue weighted by Gasteiger charge is -2.08. The fourth-order valence-electron chi connectivity index (χ4n) is 2.37. The average Bonchev–Trinajstić information content (AvgIpc) is 3.09. The fraction of sp³-hybridized carbons (Fsp3) is 0.158. The van der Waals surface area contributed by atoms with Crippen molar-refractivity contribution in [2.75, 3.05) is 11.1 Å². The van der Waals surface area contributed by atoms with E-state index in [9.17, 15) is 4.79 Å². The minimum Gasteiger partial charge on any atom is -0.325 e. The van der Waals surface area contributed by atoms with E-state index in [1.165, 1.54) is 17.3 Å². The highest BCUT2D eigenvalue weighted by molar-refractivity contribution is 7.99. The molecule has 1 aromatic heterocycles. The average molecular weight is 372 g/mol. The van der Waals surface area contributed by atoms with Gasteiger partial charge in [0.1, 0.15) is 0 Å². The lowest BCUT2D eigenvalue weighted by Crippen LogP contribution is -2.14. The quantitative estimate of drug-likeness (QED) is 0.632. The van der Waals surface area contributed by atoms with Crippen molar-refractivity contribution in [3.63, 3.8) is 0 Å². The van der Waals surface area contributed by atoms with E-state index in [1.807, 2.05) is 59.3 Å². The molecule has 0 atom stereocenters. The van der Waals surface area contributed by atoms with Gasteiger partial charge in [-0.1, -0.05) is 48.5 Å². The van der Waals surface area contributed by atoms with Crippen LogP contribution in [0.1, 0.15) is 12.5 Å². The number of thioether (sulfide) groups is 1. The topological polar surface area (TPSA) is 46.9 Å². The standard InChI is InChI=1S/C19H18ClN3OS/c1-2-14-6-8-16(9-7-14)22-18(24)13-25-19-21-10-11-23(19)17-5-3-4-15(20)12-17/h3-12H,2,13H2,1H3,(H,22,24). The van der Waals surface area contributed by atoms with Crippen molar-refractivity contribution in [1.29, 1.82) is 0 Å². The van der Waals surface area contributed by atoms with E-state index in [-0.39, 0.29) is 11.7 Å². The van der Waals surface area contributed by atoms with Gasteiger partial charge in [-0.05, 0) is 42.3 Å². The number of benzene rings is 2. The van der Waals surface area contributed by atoms with Crippen molar-refractivity contribution in [2.45, 2.75) is 18.5 Å². The van der Waals surface area contributed by atoms with Crippen LogP contribution in [0.2, 0.25) is 5.02 Å². The number of aryl methyl sites for hydroxylation is 1. The summed E-state index contributed by atoms with van der Waals surface area (Å²) >= 11 is 7.43. The number of hydrogen-bond acceptors (Lipinski definition) is 3. The largest absolute Gasteiger partial charge is 0.325 e. The zero-order valence-electron chi connectivity index (χ0n) is 13.8. The number of anilines is 1. The summed E-state index contributed by atoms with van der Waals surface area (Å²) in [5.74, 6) is 0.225. The Bertz CT molecular complexity index is 861. The van der Waals surface area contributed by atoms with Crippen molar-refractivity contribution in [2.24, 2.45) is 0 Å². The van der Waals surface area contributed by atoms with Gasteiger partial charge in [-0.3, -0.25) is 9.36 Å². The van der Waals surface area contributed by atoms with Crippen molar-refractivity contribution < 1.29 is 4.79 Å². The van der Waals surface area contributed by atoms with E-state index in [2.05, 4.69) is 17.2 Å². The minimum absolute atomic E-state index is 0.0603. The summed E-state index contributed by atoms with van der Waals surface area (Å²) in [6.07, 6.45) is 4.55. The summed E-state index contributed by atoms with van der Waals surface area (Å²) in [4.78, 5) is 16.5. The van der Waals surface area contributed by atoms with Gasteiger partial charge in [-0.2, -0.15) is 0 Å². The lowest BCUT2D eigenvalue weighted by molar-refractivity contribution is -0.113. The van der Waals surface area contributed by atoms with Gasteiger partial charge in [0.15, 0.2) is 5.16 Å². The molecule has 0 bridgehead atoms. The van der Waals surface area contributed by atoms with Crippen LogP contribution < -0.4 is 5.32 Å². The van der Waals surface area contributed by atoms with Gasteiger partial charge in [0, 0.05) is 28.8 Å². The smallest absolute Gasteiger partial charge is 0.234 e. The van der Waals surface area contributed by atoms with E-state index >= 15 is 0 Å². The maximum Gasteiger partial charge on any atom is 0.234 e. The molecule has 0 aliphatic carbocycles. The Hall–Kier alpha value is -2.24. The first-order chi connectivity index (χ1) is 12.2. The summed E-state index contributed by atoms with van der Waals surface area (Å²) < 4.78 is 1.92. The molecular weight excluding hydrogens is 354 g/mol. The van der Waals surface area contributed by atoms with Crippen LogP contribution in [0.15, 0.2) is 66.1 Å². The number of imidazole rings is 1. The first kappa shape index (κ1) is 17.6. The number of carbonyl (C=O) groups is 1. The van der Waals surface area contributed by atoms with Crippen LogP contribution in [0, 0.1) is 0 Å². The molecule has 6 heteroatoms. The predicted octanol–water partition coefficient (Wildman–Crippen LogP) is 4.82. The maximum atomic E-state index is 12.2. The normalized spacial score (nSPS) is 10.6. The molecule has 3 rings (SSSR count). The Balaban J connectivity index is 1.62. The molecule has 128 valence electrons. The number of halogens is 1. The molecule has 1 heterocycles. The number of aromatic nitrogens is 2. The summed E-state index contributed by atoms with van der Waals surface area (Å²) in [6, 6.07) is 15.4. The third kappa shape index (κ3) is 4.65. The second-order valence-corrected chi connectivity index (χ2v) is 6.83. The van der Waals surface area contributed by atoms with Crippen molar-refractivity contribution >= 4 is 35.0 Å². The highest BCUT2D eigenvalue weighted by Crippen LogP contribution is 2.22. The third-order valence-corrected chi connectivity index (χ3v) is 4.87. The fourth-order valence-corrected chi connectivity index (χ4v) is 3.33. The molecule has 0 saturated carbocycles. The number of nitrogens with one attached hydrogen (secondary N) is 1. The third-order valence-electron chi connectivity index (χ3n) is 3.67.